The predicted molar refractivity (Wildman–Crippen MR) is 81.2 cm³/mol. The number of carbonyl (C=O) groups is 2. The van der Waals surface area contributed by atoms with E-state index in [9.17, 15) is 14.7 Å². The summed E-state index contributed by atoms with van der Waals surface area (Å²) in [6.07, 6.45) is 2.30. The van der Waals surface area contributed by atoms with Crippen molar-refractivity contribution < 1.29 is 28.9 Å². The summed E-state index contributed by atoms with van der Waals surface area (Å²) in [5, 5.41) is 14.1. The highest BCUT2D eigenvalue weighted by Gasteiger charge is 2.50. The lowest BCUT2D eigenvalue weighted by Gasteiger charge is -2.25. The molecule has 0 aliphatic carbocycles. The van der Waals surface area contributed by atoms with Crippen LogP contribution in [0.25, 0.3) is 0 Å². The van der Waals surface area contributed by atoms with Gasteiger partial charge < -0.3 is 29.4 Å². The number of fused-ring (bicyclic) bond motifs is 2. The normalized spacial score (nSPS) is 27.1. The number of rotatable bonds is 6. The van der Waals surface area contributed by atoms with Crippen LogP contribution < -0.4 is 19.9 Å². The predicted octanol–water partition coefficient (Wildman–Crippen LogP) is -0.360. The standard InChI is InChI=1S/C17H19NO6/c1-22-10-4-3-9(7-13(10)23-2)8-18-16(19)14-11-5-6-12(24-11)15(14)17(20)21/h3-7,11-12,14-15H,8H2,1-2H3,(H,18,19)(H,20,21)/p-1/t11-,12+,14-,15+/m1/s1. The minimum absolute atomic E-state index is 0.247. The number of methoxy groups -OCH3 is 2. The molecular weight excluding hydrogens is 314 g/mol. The second kappa shape index (κ2) is 6.52. The van der Waals surface area contributed by atoms with Crippen molar-refractivity contribution >= 4 is 11.9 Å². The molecule has 0 aromatic heterocycles. The van der Waals surface area contributed by atoms with E-state index in [2.05, 4.69) is 5.32 Å². The van der Waals surface area contributed by atoms with Crippen molar-refractivity contribution in [2.24, 2.45) is 11.8 Å². The van der Waals surface area contributed by atoms with Crippen molar-refractivity contribution in [2.75, 3.05) is 14.2 Å². The van der Waals surface area contributed by atoms with Gasteiger partial charge in [0.25, 0.3) is 0 Å². The lowest BCUT2D eigenvalue weighted by atomic mass is 9.82. The number of hydrogen-bond donors (Lipinski definition) is 1. The third-order valence-electron chi connectivity index (χ3n) is 4.39. The molecule has 2 heterocycles. The van der Waals surface area contributed by atoms with Crippen LogP contribution in [0.3, 0.4) is 0 Å². The number of carbonyl (C=O) groups excluding carboxylic acids is 2. The molecule has 1 aromatic carbocycles. The van der Waals surface area contributed by atoms with Crippen LogP contribution >= 0.6 is 0 Å². The number of amides is 1. The van der Waals surface area contributed by atoms with Crippen LogP contribution in [0.5, 0.6) is 11.5 Å². The van der Waals surface area contributed by atoms with Gasteiger partial charge in [-0.2, -0.15) is 0 Å². The van der Waals surface area contributed by atoms with Gasteiger partial charge in [-0.3, -0.25) is 4.79 Å². The van der Waals surface area contributed by atoms with E-state index in [1.54, 1.807) is 37.5 Å². The van der Waals surface area contributed by atoms with Crippen molar-refractivity contribution in [1.82, 2.24) is 5.32 Å². The van der Waals surface area contributed by atoms with Gasteiger partial charge in [-0.25, -0.2) is 0 Å². The molecule has 3 rings (SSSR count). The van der Waals surface area contributed by atoms with Gasteiger partial charge in [0.1, 0.15) is 0 Å². The summed E-state index contributed by atoms with van der Waals surface area (Å²) in [6, 6.07) is 5.30. The van der Waals surface area contributed by atoms with Gasteiger partial charge in [-0.15, -0.1) is 0 Å². The van der Waals surface area contributed by atoms with E-state index < -0.39 is 30.0 Å². The second-order valence-electron chi connectivity index (χ2n) is 5.73. The van der Waals surface area contributed by atoms with Crippen LogP contribution in [0.15, 0.2) is 30.4 Å². The molecule has 1 saturated heterocycles. The Morgan fingerprint density at radius 1 is 1.12 bits per heavy atom. The summed E-state index contributed by atoms with van der Waals surface area (Å²) in [4.78, 5) is 23.7. The fourth-order valence-corrected chi connectivity index (χ4v) is 3.20. The zero-order valence-corrected chi connectivity index (χ0v) is 13.4. The first kappa shape index (κ1) is 16.3. The molecule has 2 aliphatic heterocycles. The molecular formula is C17H18NO6-. The van der Waals surface area contributed by atoms with Crippen LogP contribution in [-0.4, -0.2) is 38.3 Å². The maximum Gasteiger partial charge on any atom is 0.227 e. The molecule has 128 valence electrons. The Kier molecular flexibility index (Phi) is 4.44. The summed E-state index contributed by atoms with van der Waals surface area (Å²) in [5.74, 6) is -2.20. The zero-order valence-electron chi connectivity index (χ0n) is 13.4. The number of ether oxygens (including phenoxy) is 3. The highest BCUT2D eigenvalue weighted by Crippen LogP contribution is 2.39. The number of carboxylic acids is 1. The number of hydrogen-bond acceptors (Lipinski definition) is 6. The molecule has 1 fully saturated rings. The van der Waals surface area contributed by atoms with E-state index in [1.807, 2.05) is 0 Å². The Balaban J connectivity index is 1.67. The molecule has 1 N–H and O–H groups in total. The first-order valence-corrected chi connectivity index (χ1v) is 7.58. The Hall–Kier alpha value is -2.54. The van der Waals surface area contributed by atoms with Crippen LogP contribution in [0.4, 0.5) is 0 Å². The highest BCUT2D eigenvalue weighted by molar-refractivity contribution is 5.86. The third-order valence-corrected chi connectivity index (χ3v) is 4.39. The average Bonchev–Trinajstić information content (AvgIpc) is 3.20. The topological polar surface area (TPSA) is 96.9 Å². The average molecular weight is 332 g/mol. The molecule has 7 heteroatoms. The zero-order chi connectivity index (χ0) is 17.3. The quantitative estimate of drug-likeness (QED) is 0.715. The largest absolute Gasteiger partial charge is 0.550 e. The van der Waals surface area contributed by atoms with E-state index in [1.165, 1.54) is 7.11 Å². The number of benzene rings is 1. The molecule has 0 radical (unpaired) electrons. The summed E-state index contributed by atoms with van der Waals surface area (Å²) in [6.45, 7) is 0.247. The van der Waals surface area contributed by atoms with Gasteiger partial charge >= 0.3 is 0 Å². The number of carboxylic acid groups (broad SMARTS) is 1. The van der Waals surface area contributed by atoms with E-state index in [0.717, 1.165) is 5.56 Å². The van der Waals surface area contributed by atoms with E-state index in [4.69, 9.17) is 14.2 Å². The fourth-order valence-electron chi connectivity index (χ4n) is 3.20. The molecule has 4 atom stereocenters. The molecule has 7 nitrogen and oxygen atoms in total. The van der Waals surface area contributed by atoms with Crippen molar-refractivity contribution in [3.8, 4) is 11.5 Å². The van der Waals surface area contributed by atoms with Crippen molar-refractivity contribution in [3.05, 3.63) is 35.9 Å². The molecule has 2 bridgehead atoms. The van der Waals surface area contributed by atoms with Gasteiger partial charge in [0.2, 0.25) is 5.91 Å². The van der Waals surface area contributed by atoms with Crippen LogP contribution in [0.2, 0.25) is 0 Å². The Labute approximate surface area is 139 Å². The number of nitrogens with one attached hydrogen (secondary N) is 1. The van der Waals surface area contributed by atoms with Gasteiger partial charge in [0.15, 0.2) is 11.5 Å². The molecule has 1 aromatic rings. The molecule has 1 amide bonds. The van der Waals surface area contributed by atoms with E-state index in [-0.39, 0.29) is 12.5 Å². The van der Waals surface area contributed by atoms with Crippen molar-refractivity contribution in [3.63, 3.8) is 0 Å². The van der Waals surface area contributed by atoms with Gasteiger partial charge in [-0.1, -0.05) is 18.2 Å². The van der Waals surface area contributed by atoms with Crippen LogP contribution in [0, 0.1) is 11.8 Å². The lowest BCUT2D eigenvalue weighted by Crippen LogP contribution is -2.46. The minimum atomic E-state index is -1.27. The molecule has 0 saturated carbocycles. The monoisotopic (exact) mass is 332 g/mol. The van der Waals surface area contributed by atoms with Gasteiger partial charge in [0.05, 0.1) is 32.3 Å². The second-order valence-corrected chi connectivity index (χ2v) is 5.73. The SMILES string of the molecule is COc1ccc(CNC(=O)[C@H]2[C@@H](C(=O)[O-])[C@@H]3C=C[C@H]2O3)cc1OC. The maximum absolute atomic E-state index is 12.4. The molecule has 0 spiro atoms. The molecule has 0 unspecified atom stereocenters. The fraction of sp³-hybridized carbons (Fsp3) is 0.412. The van der Waals surface area contributed by atoms with Gasteiger partial charge in [0, 0.05) is 18.4 Å². The first-order chi connectivity index (χ1) is 11.5. The number of aliphatic carboxylic acids is 1. The van der Waals surface area contributed by atoms with Crippen LogP contribution in [-0.2, 0) is 20.9 Å². The lowest BCUT2D eigenvalue weighted by molar-refractivity contribution is -0.313. The summed E-state index contributed by atoms with van der Waals surface area (Å²) in [5.41, 5.74) is 0.811. The van der Waals surface area contributed by atoms with E-state index >= 15 is 0 Å². The van der Waals surface area contributed by atoms with E-state index in [0.29, 0.717) is 11.5 Å². The summed E-state index contributed by atoms with van der Waals surface area (Å²) >= 11 is 0. The highest BCUT2D eigenvalue weighted by atomic mass is 16.5. The van der Waals surface area contributed by atoms with Gasteiger partial charge in [-0.05, 0) is 17.7 Å². The Morgan fingerprint density at radius 2 is 1.79 bits per heavy atom. The third kappa shape index (κ3) is 2.82. The molecule has 2 aliphatic rings. The smallest absolute Gasteiger partial charge is 0.227 e. The first-order valence-electron chi connectivity index (χ1n) is 7.58. The summed E-state index contributed by atoms with van der Waals surface area (Å²) < 4.78 is 15.9. The molecule has 24 heavy (non-hydrogen) atoms. The Bertz CT molecular complexity index is 686. The minimum Gasteiger partial charge on any atom is -0.550 e. The van der Waals surface area contributed by atoms with Crippen molar-refractivity contribution in [1.29, 1.82) is 0 Å². The Morgan fingerprint density at radius 3 is 2.42 bits per heavy atom. The van der Waals surface area contributed by atoms with Crippen molar-refractivity contribution in [2.45, 2.75) is 18.8 Å². The maximum atomic E-state index is 12.4. The summed E-state index contributed by atoms with van der Waals surface area (Å²) in [7, 11) is 3.08. The van der Waals surface area contributed by atoms with Crippen LogP contribution in [0.1, 0.15) is 5.56 Å².